The molecule has 0 aromatic heterocycles. The highest BCUT2D eigenvalue weighted by atomic mass is 31.2. The maximum atomic E-state index is 11.7. The third-order valence-electron chi connectivity index (χ3n) is 7.07. The van der Waals surface area contributed by atoms with Gasteiger partial charge in [0.2, 0.25) is 0 Å². The summed E-state index contributed by atoms with van der Waals surface area (Å²) in [7, 11) is -5.79. The fourth-order valence-electron chi connectivity index (χ4n) is 2.78. The first-order valence-corrected chi connectivity index (χ1v) is 21.7. The van der Waals surface area contributed by atoms with Crippen molar-refractivity contribution in [3.63, 3.8) is 0 Å². The average molecular weight is 663 g/mol. The van der Waals surface area contributed by atoms with E-state index in [9.17, 15) is 13.7 Å². The van der Waals surface area contributed by atoms with Crippen LogP contribution in [0.2, 0.25) is 0 Å². The molecule has 10 nitrogen and oxygen atoms in total. The van der Waals surface area contributed by atoms with Crippen LogP contribution in [0.25, 0.3) is 0 Å². The lowest BCUT2D eigenvalue weighted by atomic mass is 10.0. The van der Waals surface area contributed by atoms with Gasteiger partial charge in [0, 0.05) is 18.5 Å². The van der Waals surface area contributed by atoms with Crippen molar-refractivity contribution in [3.05, 3.63) is 0 Å². The largest absolute Gasteiger partial charge is 0.389 e. The quantitative estimate of drug-likeness (QED) is 0.213. The molecule has 0 amide bonds. The van der Waals surface area contributed by atoms with Crippen molar-refractivity contribution in [2.75, 3.05) is 57.2 Å². The molecule has 0 fully saturated rings. The van der Waals surface area contributed by atoms with Crippen LogP contribution in [0.15, 0.2) is 0 Å². The van der Waals surface area contributed by atoms with Gasteiger partial charge in [0.25, 0.3) is 0 Å². The Hall–Kier alpha value is -1.21. The second-order valence-electron chi connectivity index (χ2n) is 12.1. The molecule has 13 heteroatoms. The molecule has 0 aliphatic carbocycles. The number of carbonyl (C=O) groups excluding carboxylic acids is 6. The van der Waals surface area contributed by atoms with E-state index in [0.29, 0.717) is 41.7 Å². The molecule has 0 aromatic rings. The van der Waals surface area contributed by atoms with Crippen LogP contribution in [0.3, 0.4) is 0 Å². The van der Waals surface area contributed by atoms with Gasteiger partial charge in [-0.3, -0.25) is 0 Å². The summed E-state index contributed by atoms with van der Waals surface area (Å²) in [5, 5.41) is 8.76. The van der Waals surface area contributed by atoms with Crippen LogP contribution in [0.4, 0.5) is 0 Å². The first kappa shape index (κ1) is 53.4. The fraction of sp³-hybridized carbons (Fsp3) is 0.897. The molecule has 0 radical (unpaired) electrons. The summed E-state index contributed by atoms with van der Waals surface area (Å²) in [5.41, 5.74) is 0. The monoisotopic (exact) mass is 662 g/mol. The Labute approximate surface area is 256 Å². The summed E-state index contributed by atoms with van der Waals surface area (Å²) >= 11 is 0. The minimum Gasteiger partial charge on any atom is -0.389 e. The van der Waals surface area contributed by atoms with Gasteiger partial charge in [-0.05, 0) is 67.8 Å². The second kappa shape index (κ2) is 31.2. The molecule has 1 N–H and O–H groups in total. The van der Waals surface area contributed by atoms with Crippen LogP contribution >= 0.6 is 21.4 Å². The zero-order valence-corrected chi connectivity index (χ0v) is 31.4. The summed E-state index contributed by atoms with van der Waals surface area (Å²) in [4.78, 5) is 48.8. The number of aliphatic hydroxyl groups is 1. The SMILES string of the molecule is CC(C)C(C)CP(C)(=O)CO.CCP(C)(=O)CC(C)C(C)C.CCP(C)(=O)CC(C)C(C)C.O=C=O.O=C=O.O=C=O. The molecule has 0 aliphatic rings. The molecule has 0 aromatic carbocycles. The number of aliphatic hydroxyl groups excluding tert-OH is 1. The highest BCUT2D eigenvalue weighted by Gasteiger charge is 2.20. The van der Waals surface area contributed by atoms with Crippen molar-refractivity contribution in [1.29, 1.82) is 0 Å². The zero-order valence-electron chi connectivity index (χ0n) is 28.7. The van der Waals surface area contributed by atoms with E-state index >= 15 is 0 Å². The summed E-state index contributed by atoms with van der Waals surface area (Å²) in [6.45, 7) is 29.0. The normalized spacial score (nSPS) is 16.1. The third-order valence-corrected chi connectivity index (χ3v) is 14.4. The van der Waals surface area contributed by atoms with Gasteiger partial charge in [-0.25, -0.2) is 0 Å². The van der Waals surface area contributed by atoms with Gasteiger partial charge in [0.1, 0.15) is 7.14 Å². The highest BCUT2D eigenvalue weighted by molar-refractivity contribution is 7.63. The topological polar surface area (TPSA) is 174 Å². The van der Waals surface area contributed by atoms with E-state index < -0.39 is 21.4 Å². The van der Waals surface area contributed by atoms with Crippen LogP contribution in [0.5, 0.6) is 0 Å². The van der Waals surface area contributed by atoms with Gasteiger partial charge < -0.3 is 18.8 Å². The maximum absolute atomic E-state index is 11.7. The van der Waals surface area contributed by atoms with Gasteiger partial charge in [0.05, 0.1) is 20.6 Å². The molecule has 0 aliphatic heterocycles. The Morgan fingerprint density at radius 1 is 0.476 bits per heavy atom. The van der Waals surface area contributed by atoms with E-state index in [-0.39, 0.29) is 24.8 Å². The zero-order chi connectivity index (χ0) is 35.3. The standard InChI is InChI=1S/2C9H21OP.C8H19O2P.3CO2/c2*1-6-11(5,10)7-9(4)8(2)3;1-7(2)8(3)5-11(4,10)6-9;3*2-1-3/h2*8-9H,6-7H2,1-5H3;7-9H,5-6H2,1-4H3;;;. The Balaban J connectivity index is -0.000000101. The van der Waals surface area contributed by atoms with E-state index in [1.807, 2.05) is 27.2 Å². The van der Waals surface area contributed by atoms with E-state index in [0.717, 1.165) is 24.6 Å². The number of hydrogen-bond donors (Lipinski definition) is 1. The molecule has 0 bridgehead atoms. The average Bonchev–Trinajstić information content (AvgIpc) is 2.85. The van der Waals surface area contributed by atoms with Crippen molar-refractivity contribution in [2.24, 2.45) is 35.5 Å². The minimum atomic E-state index is -2.23. The van der Waals surface area contributed by atoms with Crippen molar-refractivity contribution in [2.45, 2.75) is 76.2 Å². The second-order valence-corrected chi connectivity index (χ2v) is 22.6. The lowest BCUT2D eigenvalue weighted by Gasteiger charge is -2.19. The number of hydrogen-bond acceptors (Lipinski definition) is 10. The summed E-state index contributed by atoms with van der Waals surface area (Å²) in [6, 6.07) is 0. The predicted molar refractivity (Wildman–Crippen MR) is 170 cm³/mol. The molecule has 0 saturated carbocycles. The predicted octanol–water partition coefficient (Wildman–Crippen LogP) is 7.05. The van der Waals surface area contributed by atoms with Crippen LogP contribution < -0.4 is 0 Å². The Kier molecular flexibility index (Phi) is 39.7. The Bertz CT molecular complexity index is 768. The van der Waals surface area contributed by atoms with Gasteiger partial charge in [-0.1, -0.05) is 76.2 Å². The molecule has 6 atom stereocenters. The van der Waals surface area contributed by atoms with E-state index in [1.165, 1.54) is 0 Å². The summed E-state index contributed by atoms with van der Waals surface area (Å²) in [5.74, 6) is 3.52. The summed E-state index contributed by atoms with van der Waals surface area (Å²) in [6.07, 6.45) is 4.81. The fourth-order valence-corrected chi connectivity index (χ4v) is 8.33. The van der Waals surface area contributed by atoms with Crippen molar-refractivity contribution < 1.29 is 47.6 Å². The van der Waals surface area contributed by atoms with Crippen molar-refractivity contribution >= 4 is 39.9 Å². The molecule has 0 spiro atoms. The van der Waals surface area contributed by atoms with Crippen LogP contribution in [0, 0.1) is 35.5 Å². The van der Waals surface area contributed by atoms with Crippen LogP contribution in [-0.4, -0.2) is 80.7 Å². The van der Waals surface area contributed by atoms with Crippen LogP contribution in [-0.2, 0) is 42.5 Å². The minimum absolute atomic E-state index is 0.149. The number of rotatable bonds is 12. The van der Waals surface area contributed by atoms with E-state index in [2.05, 4.69) is 62.3 Å². The molecule has 6 unspecified atom stereocenters. The highest BCUT2D eigenvalue weighted by Crippen LogP contribution is 2.44. The molecular weight excluding hydrogens is 601 g/mol. The molecule has 42 heavy (non-hydrogen) atoms. The van der Waals surface area contributed by atoms with Crippen molar-refractivity contribution in [3.8, 4) is 0 Å². The smallest absolute Gasteiger partial charge is 0.373 e. The molecule has 0 saturated heterocycles. The van der Waals surface area contributed by atoms with Crippen molar-refractivity contribution in [1.82, 2.24) is 0 Å². The van der Waals surface area contributed by atoms with Gasteiger partial charge in [0.15, 0.2) is 0 Å². The molecule has 0 heterocycles. The van der Waals surface area contributed by atoms with Crippen LogP contribution in [0.1, 0.15) is 76.2 Å². The Morgan fingerprint density at radius 2 is 0.643 bits per heavy atom. The van der Waals surface area contributed by atoms with E-state index in [4.69, 9.17) is 33.9 Å². The molecular formula is C29H61O10P3. The summed E-state index contributed by atoms with van der Waals surface area (Å²) < 4.78 is 34.8. The lowest BCUT2D eigenvalue weighted by Crippen LogP contribution is -2.10. The molecule has 252 valence electrons. The maximum Gasteiger partial charge on any atom is 0.373 e. The van der Waals surface area contributed by atoms with Gasteiger partial charge in [-0.2, -0.15) is 28.8 Å². The van der Waals surface area contributed by atoms with Gasteiger partial charge >= 0.3 is 18.5 Å². The Morgan fingerprint density at radius 3 is 0.762 bits per heavy atom. The lowest BCUT2D eigenvalue weighted by molar-refractivity contribution is -0.193. The molecule has 0 rings (SSSR count). The first-order valence-electron chi connectivity index (χ1n) is 14.2. The van der Waals surface area contributed by atoms with Gasteiger partial charge in [-0.15, -0.1) is 0 Å². The van der Waals surface area contributed by atoms with E-state index in [1.54, 1.807) is 6.66 Å². The third kappa shape index (κ3) is 45.8. The first-order chi connectivity index (χ1) is 18.9.